The van der Waals surface area contributed by atoms with Gasteiger partial charge in [0.2, 0.25) is 0 Å². The maximum Gasteiger partial charge on any atom is 0.303 e. The molecule has 0 amide bonds. The fourth-order valence-electron chi connectivity index (χ4n) is 1.33. The number of aromatic nitrogens is 2. The largest absolute Gasteiger partial charge is 0.481 e. The molecule has 0 unspecified atom stereocenters. The number of nitrogens with one attached hydrogen (secondary N) is 1. The quantitative estimate of drug-likeness (QED) is 0.440. The van der Waals surface area contributed by atoms with Crippen molar-refractivity contribution >= 4 is 17.7 Å². The van der Waals surface area contributed by atoms with E-state index in [-0.39, 0.29) is 12.0 Å². The maximum atomic E-state index is 11.3. The number of H-pyrrole nitrogens is 1. The number of carbonyl (C=O) groups is 1. The number of nitrogens with zero attached hydrogens (tertiary/aromatic N) is 1. The van der Waals surface area contributed by atoms with Crippen LogP contribution in [0.1, 0.15) is 31.9 Å². The lowest BCUT2D eigenvalue weighted by Crippen LogP contribution is -2.10. The van der Waals surface area contributed by atoms with Crippen molar-refractivity contribution in [2.45, 2.75) is 37.8 Å². The van der Waals surface area contributed by atoms with E-state index in [2.05, 4.69) is 9.97 Å². The summed E-state index contributed by atoms with van der Waals surface area (Å²) in [7, 11) is 0. The number of aryl methyl sites for hydroxylation is 1. The lowest BCUT2D eigenvalue weighted by Gasteiger charge is -2.02. The predicted octanol–water partition coefficient (Wildman–Crippen LogP) is 1.68. The highest BCUT2D eigenvalue weighted by molar-refractivity contribution is 7.99. The zero-order valence-corrected chi connectivity index (χ0v) is 10.5. The summed E-state index contributed by atoms with van der Waals surface area (Å²) in [5, 5.41) is 9.06. The van der Waals surface area contributed by atoms with Crippen molar-refractivity contribution in [3.05, 3.63) is 22.1 Å². The van der Waals surface area contributed by atoms with E-state index in [1.165, 1.54) is 17.8 Å². The van der Waals surface area contributed by atoms with Gasteiger partial charge in [-0.05, 0) is 12.8 Å². The summed E-state index contributed by atoms with van der Waals surface area (Å²) in [6.07, 6.45) is 2.44. The van der Waals surface area contributed by atoms with Crippen LogP contribution in [-0.4, -0.2) is 26.8 Å². The fourth-order valence-corrected chi connectivity index (χ4v) is 2.16. The Hall–Kier alpha value is -1.30. The van der Waals surface area contributed by atoms with Crippen LogP contribution >= 0.6 is 11.8 Å². The average Bonchev–Trinajstić information content (AvgIpc) is 2.24. The smallest absolute Gasteiger partial charge is 0.303 e. The summed E-state index contributed by atoms with van der Waals surface area (Å²) in [5.74, 6) is -0.156. The van der Waals surface area contributed by atoms with E-state index in [1.54, 1.807) is 0 Å². The van der Waals surface area contributed by atoms with Crippen LogP contribution in [0.2, 0.25) is 0 Å². The summed E-state index contributed by atoms with van der Waals surface area (Å²) in [4.78, 5) is 28.6. The summed E-state index contributed by atoms with van der Waals surface area (Å²) in [6.45, 7) is 2.03. The molecule has 1 aromatic rings. The third kappa shape index (κ3) is 5.53. The van der Waals surface area contributed by atoms with Crippen LogP contribution in [0, 0.1) is 0 Å². The number of carboxylic acids is 1. The molecule has 0 aromatic carbocycles. The first kappa shape index (κ1) is 13.8. The van der Waals surface area contributed by atoms with Gasteiger partial charge < -0.3 is 10.1 Å². The minimum atomic E-state index is -0.799. The van der Waals surface area contributed by atoms with E-state index < -0.39 is 5.97 Å². The van der Waals surface area contributed by atoms with Gasteiger partial charge in [0.15, 0.2) is 5.16 Å². The predicted molar refractivity (Wildman–Crippen MR) is 66.4 cm³/mol. The summed E-state index contributed by atoms with van der Waals surface area (Å²) < 4.78 is 0. The summed E-state index contributed by atoms with van der Waals surface area (Å²) in [6, 6.07) is 1.50. The minimum absolute atomic E-state index is 0.145. The van der Waals surface area contributed by atoms with Gasteiger partial charge in [-0.15, -0.1) is 0 Å². The van der Waals surface area contributed by atoms with E-state index in [9.17, 15) is 9.59 Å². The molecule has 1 rings (SSSR count). The first-order valence-corrected chi connectivity index (χ1v) is 6.55. The SMILES string of the molecule is CCCc1cc(=O)[nH]c(SCCCC(=O)O)n1. The maximum absolute atomic E-state index is 11.3. The third-order valence-electron chi connectivity index (χ3n) is 2.05. The van der Waals surface area contributed by atoms with Crippen LogP contribution in [0.25, 0.3) is 0 Å². The number of hydrogen-bond acceptors (Lipinski definition) is 4. The molecule has 0 aliphatic carbocycles. The topological polar surface area (TPSA) is 83.0 Å². The van der Waals surface area contributed by atoms with E-state index in [0.717, 1.165) is 18.5 Å². The molecule has 5 nitrogen and oxygen atoms in total. The number of hydrogen-bond donors (Lipinski definition) is 2. The van der Waals surface area contributed by atoms with Gasteiger partial charge in [0.05, 0.1) is 0 Å². The van der Waals surface area contributed by atoms with Crippen LogP contribution < -0.4 is 5.56 Å². The molecular formula is C11H16N2O3S. The highest BCUT2D eigenvalue weighted by Crippen LogP contribution is 2.13. The molecule has 17 heavy (non-hydrogen) atoms. The number of rotatable bonds is 7. The molecule has 0 aliphatic rings. The van der Waals surface area contributed by atoms with Crippen molar-refractivity contribution in [1.29, 1.82) is 0 Å². The minimum Gasteiger partial charge on any atom is -0.481 e. The Morgan fingerprint density at radius 3 is 3.00 bits per heavy atom. The molecule has 0 fully saturated rings. The normalized spacial score (nSPS) is 10.4. The molecule has 0 saturated heterocycles. The molecule has 0 atom stereocenters. The number of carboxylic acid groups (broad SMARTS) is 1. The molecule has 0 radical (unpaired) electrons. The number of aromatic amines is 1. The van der Waals surface area contributed by atoms with E-state index >= 15 is 0 Å². The van der Waals surface area contributed by atoms with Crippen LogP contribution in [0.15, 0.2) is 16.0 Å². The fraction of sp³-hybridized carbons (Fsp3) is 0.545. The molecule has 0 saturated carbocycles. The summed E-state index contributed by atoms with van der Waals surface area (Å²) in [5.41, 5.74) is 0.640. The van der Waals surface area contributed by atoms with Crippen LogP contribution in [0.5, 0.6) is 0 Å². The first-order chi connectivity index (χ1) is 8.11. The number of thioether (sulfide) groups is 1. The van der Waals surface area contributed by atoms with Crippen LogP contribution in [0.3, 0.4) is 0 Å². The monoisotopic (exact) mass is 256 g/mol. The van der Waals surface area contributed by atoms with Gasteiger partial charge in [-0.1, -0.05) is 25.1 Å². The molecule has 0 bridgehead atoms. The molecule has 94 valence electrons. The molecule has 6 heteroatoms. The van der Waals surface area contributed by atoms with Crippen molar-refractivity contribution in [3.63, 3.8) is 0 Å². The van der Waals surface area contributed by atoms with Gasteiger partial charge in [0.25, 0.3) is 5.56 Å². The molecule has 1 heterocycles. The lowest BCUT2D eigenvalue weighted by molar-refractivity contribution is -0.137. The van der Waals surface area contributed by atoms with Crippen molar-refractivity contribution in [3.8, 4) is 0 Å². The molecule has 2 N–H and O–H groups in total. The van der Waals surface area contributed by atoms with Crippen molar-refractivity contribution in [1.82, 2.24) is 9.97 Å². The Morgan fingerprint density at radius 2 is 2.35 bits per heavy atom. The van der Waals surface area contributed by atoms with E-state index in [1.807, 2.05) is 6.92 Å². The molecular weight excluding hydrogens is 240 g/mol. The Labute approximate surface area is 104 Å². The Morgan fingerprint density at radius 1 is 1.59 bits per heavy atom. The summed E-state index contributed by atoms with van der Waals surface area (Å²) >= 11 is 1.39. The zero-order valence-electron chi connectivity index (χ0n) is 9.73. The standard InChI is InChI=1S/C11H16N2O3S/c1-2-4-8-7-9(14)13-11(12-8)17-6-3-5-10(15)16/h7H,2-6H2,1H3,(H,15,16)(H,12,13,14). The Balaban J connectivity index is 2.52. The van der Waals surface area contributed by atoms with Crippen molar-refractivity contribution in [2.24, 2.45) is 0 Å². The van der Waals surface area contributed by atoms with Crippen molar-refractivity contribution in [2.75, 3.05) is 5.75 Å². The van der Waals surface area contributed by atoms with Crippen molar-refractivity contribution < 1.29 is 9.90 Å². The third-order valence-corrected chi connectivity index (χ3v) is 3.01. The number of aliphatic carboxylic acids is 1. The molecule has 1 aromatic heterocycles. The van der Waals surface area contributed by atoms with E-state index in [0.29, 0.717) is 17.3 Å². The molecule has 0 aliphatic heterocycles. The second-order valence-electron chi connectivity index (χ2n) is 3.64. The highest BCUT2D eigenvalue weighted by Gasteiger charge is 2.02. The highest BCUT2D eigenvalue weighted by atomic mass is 32.2. The Bertz CT molecular complexity index is 431. The van der Waals surface area contributed by atoms with E-state index in [4.69, 9.17) is 5.11 Å². The van der Waals surface area contributed by atoms with Gasteiger partial charge in [-0.2, -0.15) is 0 Å². The average molecular weight is 256 g/mol. The lowest BCUT2D eigenvalue weighted by atomic mass is 10.2. The van der Waals surface area contributed by atoms with Gasteiger partial charge in [0.1, 0.15) is 0 Å². The zero-order chi connectivity index (χ0) is 12.7. The van der Waals surface area contributed by atoms with Gasteiger partial charge in [0, 0.05) is 23.9 Å². The molecule has 0 spiro atoms. The van der Waals surface area contributed by atoms with Gasteiger partial charge >= 0.3 is 5.97 Å². The van der Waals surface area contributed by atoms with Gasteiger partial charge in [-0.3, -0.25) is 9.59 Å². The first-order valence-electron chi connectivity index (χ1n) is 5.56. The second-order valence-corrected chi connectivity index (χ2v) is 4.72. The van der Waals surface area contributed by atoms with Crippen LogP contribution in [0.4, 0.5) is 0 Å². The second kappa shape index (κ2) is 7.11. The van der Waals surface area contributed by atoms with Gasteiger partial charge in [-0.25, -0.2) is 4.98 Å². The van der Waals surface area contributed by atoms with Crippen LogP contribution in [-0.2, 0) is 11.2 Å². The Kier molecular flexibility index (Phi) is 5.76.